The first kappa shape index (κ1) is 19.6. The molecule has 3 rings (SSSR count). The van der Waals surface area contributed by atoms with Gasteiger partial charge >= 0.3 is 0 Å². The van der Waals surface area contributed by atoms with Crippen LogP contribution >= 0.6 is 11.3 Å². The van der Waals surface area contributed by atoms with E-state index in [0.717, 1.165) is 50.8 Å². The van der Waals surface area contributed by atoms with Gasteiger partial charge in [-0.2, -0.15) is 0 Å². The van der Waals surface area contributed by atoms with Gasteiger partial charge in [0.1, 0.15) is 5.82 Å². The summed E-state index contributed by atoms with van der Waals surface area (Å²) < 4.78 is 0. The van der Waals surface area contributed by atoms with Crippen LogP contribution in [0.4, 0.5) is 5.82 Å². The first-order valence-electron chi connectivity index (χ1n) is 9.94. The summed E-state index contributed by atoms with van der Waals surface area (Å²) in [5.74, 6) is 1.93. The van der Waals surface area contributed by atoms with Crippen LogP contribution in [-0.4, -0.2) is 42.1 Å². The van der Waals surface area contributed by atoms with Gasteiger partial charge in [0, 0.05) is 49.9 Å². The van der Waals surface area contributed by atoms with E-state index in [1.54, 1.807) is 11.3 Å². The number of hydrogen-bond donors (Lipinski definition) is 2. The number of guanidine groups is 1. The molecule has 3 heterocycles. The molecule has 1 saturated heterocycles. The van der Waals surface area contributed by atoms with E-state index in [0.29, 0.717) is 6.54 Å². The minimum Gasteiger partial charge on any atom is -0.357 e. The van der Waals surface area contributed by atoms with Crippen LogP contribution in [0, 0.1) is 0 Å². The lowest BCUT2D eigenvalue weighted by atomic mass is 10.2. The molecule has 0 aliphatic carbocycles. The Morgan fingerprint density at radius 3 is 2.81 bits per heavy atom. The molecule has 2 aromatic rings. The highest BCUT2D eigenvalue weighted by Gasteiger charge is 2.13. The van der Waals surface area contributed by atoms with Crippen LogP contribution in [0.3, 0.4) is 0 Å². The Bertz CT molecular complexity index is 736. The highest BCUT2D eigenvalue weighted by molar-refractivity contribution is 7.11. The fourth-order valence-corrected chi connectivity index (χ4v) is 3.97. The maximum atomic E-state index is 4.74. The molecule has 0 bridgehead atoms. The molecule has 0 saturated carbocycles. The van der Waals surface area contributed by atoms with Gasteiger partial charge in [0.2, 0.25) is 0 Å². The quantitative estimate of drug-likeness (QED) is 0.539. The summed E-state index contributed by atoms with van der Waals surface area (Å²) in [5, 5.41) is 7.92. The van der Waals surface area contributed by atoms with E-state index in [9.17, 15) is 0 Å². The van der Waals surface area contributed by atoms with Crippen LogP contribution in [0.15, 0.2) is 29.5 Å². The second kappa shape index (κ2) is 10.3. The van der Waals surface area contributed by atoms with Crippen molar-refractivity contribution in [1.82, 2.24) is 20.6 Å². The van der Waals surface area contributed by atoms with Crippen molar-refractivity contribution >= 4 is 23.1 Å². The summed E-state index contributed by atoms with van der Waals surface area (Å²) in [6.07, 6.45) is 8.38. The lowest BCUT2D eigenvalue weighted by Gasteiger charge is -2.16. The molecule has 0 aromatic carbocycles. The number of hydrogen-bond acceptors (Lipinski definition) is 5. The van der Waals surface area contributed by atoms with Crippen molar-refractivity contribution in [3.05, 3.63) is 40.0 Å². The molecule has 7 heteroatoms. The summed E-state index contributed by atoms with van der Waals surface area (Å²) in [4.78, 5) is 17.4. The Balaban J connectivity index is 1.54. The third kappa shape index (κ3) is 5.92. The summed E-state index contributed by atoms with van der Waals surface area (Å²) in [6.45, 7) is 8.80. The fraction of sp³-hybridized carbons (Fsp3) is 0.550. The van der Waals surface area contributed by atoms with Crippen LogP contribution in [0.2, 0.25) is 0 Å². The van der Waals surface area contributed by atoms with Gasteiger partial charge in [-0.05, 0) is 43.9 Å². The number of nitrogens with one attached hydrogen (secondary N) is 2. The molecular formula is C20H30N6S. The van der Waals surface area contributed by atoms with Gasteiger partial charge in [0.15, 0.2) is 5.96 Å². The Hall–Kier alpha value is -2.15. The van der Waals surface area contributed by atoms with Crippen molar-refractivity contribution in [2.45, 2.75) is 46.1 Å². The van der Waals surface area contributed by atoms with Gasteiger partial charge in [-0.15, -0.1) is 11.3 Å². The number of aliphatic imine (C=N–C) groups is 1. The van der Waals surface area contributed by atoms with Gasteiger partial charge in [-0.1, -0.05) is 6.92 Å². The topological polar surface area (TPSA) is 65.4 Å². The number of aromatic nitrogens is 2. The van der Waals surface area contributed by atoms with Crippen molar-refractivity contribution in [2.75, 3.05) is 31.1 Å². The smallest absolute Gasteiger partial charge is 0.191 e. The van der Waals surface area contributed by atoms with E-state index in [4.69, 9.17) is 4.99 Å². The Morgan fingerprint density at radius 2 is 2.07 bits per heavy atom. The zero-order valence-electron chi connectivity index (χ0n) is 16.4. The van der Waals surface area contributed by atoms with E-state index in [2.05, 4.69) is 51.5 Å². The molecule has 1 aliphatic heterocycles. The van der Waals surface area contributed by atoms with Gasteiger partial charge in [-0.25, -0.2) is 15.0 Å². The maximum absolute atomic E-state index is 4.74. The zero-order valence-corrected chi connectivity index (χ0v) is 17.2. The first-order chi connectivity index (χ1) is 13.3. The normalized spacial score (nSPS) is 14.6. The molecule has 0 spiro atoms. The molecule has 27 heavy (non-hydrogen) atoms. The average Bonchev–Trinajstić information content (AvgIpc) is 3.38. The Morgan fingerprint density at radius 1 is 1.22 bits per heavy atom. The van der Waals surface area contributed by atoms with Crippen LogP contribution in [0.1, 0.15) is 42.1 Å². The Kier molecular flexibility index (Phi) is 7.45. The molecule has 2 N–H and O–H groups in total. The zero-order chi connectivity index (χ0) is 18.9. The van der Waals surface area contributed by atoms with Crippen molar-refractivity contribution < 1.29 is 0 Å². The van der Waals surface area contributed by atoms with Crippen LogP contribution in [0.25, 0.3) is 0 Å². The molecule has 146 valence electrons. The highest BCUT2D eigenvalue weighted by Crippen LogP contribution is 2.18. The van der Waals surface area contributed by atoms with Crippen molar-refractivity contribution in [2.24, 2.45) is 4.99 Å². The van der Waals surface area contributed by atoms with E-state index in [-0.39, 0.29) is 0 Å². The summed E-state index contributed by atoms with van der Waals surface area (Å²) in [5.41, 5.74) is 1.19. The second-order valence-electron chi connectivity index (χ2n) is 6.66. The van der Waals surface area contributed by atoms with Gasteiger partial charge < -0.3 is 15.5 Å². The molecule has 0 atom stereocenters. The summed E-state index contributed by atoms with van der Waals surface area (Å²) >= 11 is 1.80. The third-order valence-corrected chi connectivity index (χ3v) is 5.79. The number of pyridine rings is 1. The molecule has 1 aliphatic rings. The number of nitrogens with zero attached hydrogens (tertiary/aromatic N) is 4. The summed E-state index contributed by atoms with van der Waals surface area (Å²) in [7, 11) is 0. The minimum atomic E-state index is 0.649. The standard InChI is InChI=1S/C20H30N6S/c1-3-17-15-24-19(27-17)8-10-23-20(21-4-2)25-14-16-7-9-22-18(13-16)26-11-5-6-12-26/h7,9,13,15H,3-6,8,10-12,14H2,1-2H3,(H2,21,23,25). The van der Waals surface area contributed by atoms with E-state index in [1.807, 2.05) is 12.4 Å². The van der Waals surface area contributed by atoms with Crippen LogP contribution in [0.5, 0.6) is 0 Å². The van der Waals surface area contributed by atoms with Crippen LogP contribution < -0.4 is 15.5 Å². The first-order valence-corrected chi connectivity index (χ1v) is 10.8. The largest absolute Gasteiger partial charge is 0.357 e. The lowest BCUT2D eigenvalue weighted by Crippen LogP contribution is -2.38. The van der Waals surface area contributed by atoms with Crippen LogP contribution in [-0.2, 0) is 19.4 Å². The molecular weight excluding hydrogens is 356 g/mol. The van der Waals surface area contributed by atoms with E-state index in [1.165, 1.54) is 28.3 Å². The third-order valence-electron chi connectivity index (χ3n) is 4.59. The monoisotopic (exact) mass is 386 g/mol. The number of aryl methyl sites for hydroxylation is 1. The number of rotatable bonds is 8. The van der Waals surface area contributed by atoms with Gasteiger partial charge in [-0.3, -0.25) is 0 Å². The van der Waals surface area contributed by atoms with Crippen molar-refractivity contribution in [1.29, 1.82) is 0 Å². The fourth-order valence-electron chi connectivity index (χ4n) is 3.11. The number of thiazole rings is 1. The van der Waals surface area contributed by atoms with Gasteiger partial charge in [0.05, 0.1) is 11.6 Å². The predicted octanol–water partition coefficient (Wildman–Crippen LogP) is 3.00. The van der Waals surface area contributed by atoms with Crippen molar-refractivity contribution in [3.63, 3.8) is 0 Å². The summed E-state index contributed by atoms with van der Waals surface area (Å²) in [6, 6.07) is 4.22. The molecule has 0 unspecified atom stereocenters. The Labute approximate surface area is 166 Å². The molecule has 1 fully saturated rings. The highest BCUT2D eigenvalue weighted by atomic mass is 32.1. The van der Waals surface area contributed by atoms with E-state index >= 15 is 0 Å². The maximum Gasteiger partial charge on any atom is 0.191 e. The minimum absolute atomic E-state index is 0.649. The molecule has 0 radical (unpaired) electrons. The molecule has 0 amide bonds. The van der Waals surface area contributed by atoms with E-state index < -0.39 is 0 Å². The lowest BCUT2D eigenvalue weighted by molar-refractivity contribution is 0.796. The van der Waals surface area contributed by atoms with Gasteiger partial charge in [0.25, 0.3) is 0 Å². The molecule has 6 nitrogen and oxygen atoms in total. The molecule has 2 aromatic heterocycles. The SMILES string of the molecule is CCNC(=NCc1ccnc(N2CCCC2)c1)NCCc1ncc(CC)s1. The predicted molar refractivity (Wildman–Crippen MR) is 114 cm³/mol. The number of anilines is 1. The van der Waals surface area contributed by atoms with Crippen molar-refractivity contribution in [3.8, 4) is 0 Å². The average molecular weight is 387 g/mol. The second-order valence-corrected chi connectivity index (χ2v) is 7.86.